The van der Waals surface area contributed by atoms with Crippen molar-refractivity contribution in [2.45, 2.75) is 25.9 Å². The third-order valence-corrected chi connectivity index (χ3v) is 5.69. The van der Waals surface area contributed by atoms with Gasteiger partial charge in [-0.25, -0.2) is 9.97 Å². The van der Waals surface area contributed by atoms with Gasteiger partial charge < -0.3 is 15.7 Å². The van der Waals surface area contributed by atoms with Gasteiger partial charge in [0.15, 0.2) is 0 Å². The van der Waals surface area contributed by atoms with E-state index in [-0.39, 0.29) is 5.95 Å². The number of hydrogen-bond acceptors (Lipinski definition) is 7. The Kier molecular flexibility index (Phi) is 3.70. The van der Waals surface area contributed by atoms with Crippen molar-refractivity contribution in [2.24, 2.45) is 0 Å². The highest BCUT2D eigenvalue weighted by molar-refractivity contribution is 7.09. The predicted molar refractivity (Wildman–Crippen MR) is 99.1 cm³/mol. The zero-order chi connectivity index (χ0) is 17.6. The summed E-state index contributed by atoms with van der Waals surface area (Å²) in [6.45, 7) is 4.54. The smallest absolute Gasteiger partial charge is 0.221 e. The molecule has 25 heavy (non-hydrogen) atoms. The van der Waals surface area contributed by atoms with Crippen LogP contribution in [0.2, 0.25) is 0 Å². The van der Waals surface area contributed by atoms with Gasteiger partial charge in [-0.15, -0.1) is 11.3 Å². The van der Waals surface area contributed by atoms with Crippen LogP contribution in [0.4, 0.5) is 17.5 Å². The van der Waals surface area contributed by atoms with Crippen LogP contribution in [0, 0.1) is 6.92 Å². The van der Waals surface area contributed by atoms with Gasteiger partial charge in [0.05, 0.1) is 0 Å². The van der Waals surface area contributed by atoms with Crippen LogP contribution in [0.15, 0.2) is 35.8 Å². The zero-order valence-corrected chi connectivity index (χ0v) is 14.9. The van der Waals surface area contributed by atoms with E-state index in [1.807, 2.05) is 30.5 Å². The molecule has 0 fully saturated rings. The fourth-order valence-electron chi connectivity index (χ4n) is 3.14. The minimum atomic E-state index is -1.13. The van der Waals surface area contributed by atoms with Crippen molar-refractivity contribution in [3.05, 3.63) is 57.7 Å². The minimum absolute atomic E-state index is 0.257. The van der Waals surface area contributed by atoms with E-state index in [1.54, 1.807) is 13.1 Å². The fraction of sp³-hybridized carbons (Fsp3) is 0.278. The Balaban J connectivity index is 1.76. The molecule has 0 radical (unpaired) electrons. The van der Waals surface area contributed by atoms with E-state index in [9.17, 15) is 5.11 Å². The molecule has 2 aromatic heterocycles. The quantitative estimate of drug-likeness (QED) is 0.753. The molecule has 7 heteroatoms. The lowest BCUT2D eigenvalue weighted by Crippen LogP contribution is -2.23. The number of rotatable bonds is 3. The van der Waals surface area contributed by atoms with Crippen LogP contribution in [0.1, 0.15) is 28.8 Å². The van der Waals surface area contributed by atoms with Gasteiger partial charge in [-0.05, 0) is 43.5 Å². The molecule has 0 amide bonds. The summed E-state index contributed by atoms with van der Waals surface area (Å²) in [7, 11) is 0. The van der Waals surface area contributed by atoms with Crippen LogP contribution in [0.3, 0.4) is 0 Å². The maximum atomic E-state index is 11.1. The van der Waals surface area contributed by atoms with Crippen molar-refractivity contribution in [1.82, 2.24) is 15.0 Å². The summed E-state index contributed by atoms with van der Waals surface area (Å²) >= 11 is 1.47. The first-order chi connectivity index (χ1) is 11.9. The van der Waals surface area contributed by atoms with Crippen LogP contribution in [0.5, 0.6) is 0 Å². The predicted octanol–water partition coefficient (Wildman–Crippen LogP) is 2.77. The second-order valence-corrected chi connectivity index (χ2v) is 7.24. The number of thiazole rings is 1. The molecule has 4 rings (SSSR count). The molecule has 1 unspecified atom stereocenters. The lowest BCUT2D eigenvalue weighted by Gasteiger charge is -2.24. The molecule has 1 aliphatic rings. The van der Waals surface area contributed by atoms with Gasteiger partial charge in [-0.2, -0.15) is 4.98 Å². The topological polar surface area (TPSA) is 88.2 Å². The summed E-state index contributed by atoms with van der Waals surface area (Å²) in [4.78, 5) is 14.9. The van der Waals surface area contributed by atoms with E-state index >= 15 is 0 Å². The molecular formula is C18H19N5OS. The first-order valence-electron chi connectivity index (χ1n) is 8.09. The number of aromatic nitrogens is 3. The van der Waals surface area contributed by atoms with E-state index in [0.717, 1.165) is 35.7 Å². The van der Waals surface area contributed by atoms with Gasteiger partial charge in [-0.1, -0.05) is 12.1 Å². The zero-order valence-electron chi connectivity index (χ0n) is 14.1. The average molecular weight is 353 g/mol. The number of aryl methyl sites for hydroxylation is 1. The van der Waals surface area contributed by atoms with E-state index in [2.05, 4.69) is 25.9 Å². The third kappa shape index (κ3) is 2.75. The second kappa shape index (κ2) is 5.79. The molecule has 0 saturated carbocycles. The number of nitrogens with two attached hydrogens (primary N) is 1. The van der Waals surface area contributed by atoms with E-state index in [4.69, 9.17) is 5.73 Å². The number of nitrogen functional groups attached to an aromatic ring is 1. The van der Waals surface area contributed by atoms with E-state index in [0.29, 0.717) is 5.01 Å². The maximum Gasteiger partial charge on any atom is 0.221 e. The van der Waals surface area contributed by atoms with Crippen molar-refractivity contribution in [2.75, 3.05) is 17.2 Å². The van der Waals surface area contributed by atoms with Crippen LogP contribution < -0.4 is 10.6 Å². The Morgan fingerprint density at radius 1 is 1.28 bits per heavy atom. The van der Waals surface area contributed by atoms with Crippen molar-refractivity contribution in [1.29, 1.82) is 0 Å². The molecule has 0 saturated heterocycles. The van der Waals surface area contributed by atoms with Crippen LogP contribution in [0.25, 0.3) is 0 Å². The number of aliphatic hydroxyl groups is 1. The van der Waals surface area contributed by atoms with Crippen molar-refractivity contribution in [3.63, 3.8) is 0 Å². The summed E-state index contributed by atoms with van der Waals surface area (Å²) < 4.78 is 0. The Morgan fingerprint density at radius 2 is 2.12 bits per heavy atom. The van der Waals surface area contributed by atoms with Gasteiger partial charge in [0.25, 0.3) is 0 Å². The maximum absolute atomic E-state index is 11.1. The van der Waals surface area contributed by atoms with Crippen LogP contribution >= 0.6 is 11.3 Å². The first kappa shape index (κ1) is 16.0. The molecule has 0 aliphatic carbocycles. The number of hydrogen-bond donors (Lipinski definition) is 2. The average Bonchev–Trinajstić information content (AvgIpc) is 3.20. The lowest BCUT2D eigenvalue weighted by atomic mass is 9.94. The monoisotopic (exact) mass is 353 g/mol. The highest BCUT2D eigenvalue weighted by Crippen LogP contribution is 2.39. The molecular weight excluding hydrogens is 334 g/mol. The number of benzene rings is 1. The number of nitrogens with zero attached hydrogens (tertiary/aromatic N) is 4. The molecule has 1 aromatic carbocycles. The van der Waals surface area contributed by atoms with Crippen LogP contribution in [-0.2, 0) is 12.0 Å². The molecule has 3 aromatic rings. The molecule has 1 aliphatic heterocycles. The summed E-state index contributed by atoms with van der Waals surface area (Å²) in [5.74, 6) is 1.03. The van der Waals surface area contributed by atoms with Crippen LogP contribution in [-0.4, -0.2) is 26.6 Å². The van der Waals surface area contributed by atoms with Gasteiger partial charge in [-0.3, -0.25) is 0 Å². The van der Waals surface area contributed by atoms with Gasteiger partial charge >= 0.3 is 0 Å². The Labute approximate surface area is 150 Å². The standard InChI is InChI=1S/C18H19N5OS/c1-11-10-25-16(21-11)18(2,24)13-4-3-12-6-8-23(14(12)9-13)15-5-7-20-17(19)22-15/h3-5,7,9-10,24H,6,8H2,1-2H3,(H2,19,20,22). The largest absolute Gasteiger partial charge is 0.378 e. The second-order valence-electron chi connectivity index (χ2n) is 6.38. The number of anilines is 3. The molecule has 0 spiro atoms. The number of fused-ring (bicyclic) bond motifs is 1. The Bertz CT molecular complexity index is 937. The lowest BCUT2D eigenvalue weighted by molar-refractivity contribution is 0.102. The molecule has 128 valence electrons. The Morgan fingerprint density at radius 3 is 2.84 bits per heavy atom. The molecule has 1 atom stereocenters. The highest BCUT2D eigenvalue weighted by atomic mass is 32.1. The summed E-state index contributed by atoms with van der Waals surface area (Å²) in [5, 5.41) is 13.7. The SMILES string of the molecule is Cc1csc(C(C)(O)c2ccc3c(c2)N(c2ccnc(N)n2)CC3)n1. The van der Waals surface area contributed by atoms with Crippen molar-refractivity contribution >= 4 is 28.8 Å². The fourth-order valence-corrected chi connectivity index (χ4v) is 4.01. The van der Waals surface area contributed by atoms with Gasteiger partial charge in [0, 0.05) is 29.5 Å². The summed E-state index contributed by atoms with van der Waals surface area (Å²) in [6, 6.07) is 7.93. The van der Waals surface area contributed by atoms with Gasteiger partial charge in [0.1, 0.15) is 16.4 Å². The Hall–Kier alpha value is -2.51. The minimum Gasteiger partial charge on any atom is -0.378 e. The van der Waals surface area contributed by atoms with Crippen molar-refractivity contribution in [3.8, 4) is 0 Å². The highest BCUT2D eigenvalue weighted by Gasteiger charge is 2.31. The normalized spacial score (nSPS) is 15.9. The summed E-state index contributed by atoms with van der Waals surface area (Å²) in [5.41, 5.74) is 8.60. The summed E-state index contributed by atoms with van der Waals surface area (Å²) in [6.07, 6.45) is 2.59. The van der Waals surface area contributed by atoms with E-state index < -0.39 is 5.60 Å². The first-order valence-corrected chi connectivity index (χ1v) is 8.97. The van der Waals surface area contributed by atoms with E-state index in [1.165, 1.54) is 16.9 Å². The third-order valence-electron chi connectivity index (χ3n) is 4.51. The van der Waals surface area contributed by atoms with Crippen molar-refractivity contribution < 1.29 is 5.11 Å². The van der Waals surface area contributed by atoms with Gasteiger partial charge in [0.2, 0.25) is 5.95 Å². The molecule has 6 nitrogen and oxygen atoms in total. The molecule has 0 bridgehead atoms. The molecule has 3 N–H and O–H groups in total. The molecule has 3 heterocycles.